The Morgan fingerprint density at radius 1 is 1.19 bits per heavy atom. The van der Waals surface area contributed by atoms with E-state index < -0.39 is 0 Å². The first-order chi connectivity index (χ1) is 12.2. The first kappa shape index (κ1) is 24.9. The summed E-state index contributed by atoms with van der Waals surface area (Å²) in [4.78, 5) is 29.8. The number of likely N-dealkylation sites (tertiary alicyclic amines) is 1. The van der Waals surface area contributed by atoms with Crippen LogP contribution in [0.1, 0.15) is 58.8 Å². The number of guanidine groups is 1. The molecule has 1 heterocycles. The van der Waals surface area contributed by atoms with Gasteiger partial charge in [0.05, 0.1) is 6.61 Å². The van der Waals surface area contributed by atoms with Crippen LogP contribution in [-0.2, 0) is 14.3 Å². The maximum absolute atomic E-state index is 11.9. The number of carbonyl (C=O) groups is 2. The zero-order valence-electron chi connectivity index (χ0n) is 16.2. The Bertz CT molecular complexity index is 433. The number of hydrogen-bond acceptors (Lipinski definition) is 4. The number of carbonyl (C=O) groups excluding carboxylic acids is 2. The zero-order chi connectivity index (χ0) is 18.3. The summed E-state index contributed by atoms with van der Waals surface area (Å²) in [5.74, 6) is 0.882. The van der Waals surface area contributed by atoms with Crippen molar-refractivity contribution in [2.75, 3.05) is 39.3 Å². The molecule has 0 aromatic carbocycles. The normalized spacial score (nSPS) is 15.1. The lowest BCUT2D eigenvalue weighted by Crippen LogP contribution is -2.38. The van der Waals surface area contributed by atoms with Crippen LogP contribution in [0.3, 0.4) is 0 Å². The number of nitrogens with one attached hydrogen (secondary N) is 2. The average Bonchev–Trinajstić information content (AvgIpc) is 2.80. The standard InChI is InChI=1S/C18H34N4O3.HI/c1-3-19-18(20-12-8-11-17(24)25-4-2)21-13-9-15-22-14-7-5-6-10-16(22)23;/h3-15H2,1-2H3,(H2,19,20,21);1H. The van der Waals surface area contributed by atoms with Crippen molar-refractivity contribution in [3.63, 3.8) is 0 Å². The topological polar surface area (TPSA) is 83.0 Å². The Morgan fingerprint density at radius 2 is 2.00 bits per heavy atom. The van der Waals surface area contributed by atoms with Crippen LogP contribution in [0.4, 0.5) is 0 Å². The molecular weight excluding hydrogens is 447 g/mol. The van der Waals surface area contributed by atoms with Gasteiger partial charge < -0.3 is 20.3 Å². The van der Waals surface area contributed by atoms with Crippen molar-refractivity contribution >= 4 is 41.8 Å². The fourth-order valence-electron chi connectivity index (χ4n) is 2.74. The Morgan fingerprint density at radius 3 is 2.73 bits per heavy atom. The molecule has 2 N–H and O–H groups in total. The number of rotatable bonds is 10. The lowest BCUT2D eigenvalue weighted by atomic mass is 10.2. The predicted octanol–water partition coefficient (Wildman–Crippen LogP) is 2.30. The first-order valence-corrected chi connectivity index (χ1v) is 9.63. The molecule has 0 atom stereocenters. The van der Waals surface area contributed by atoms with Crippen molar-refractivity contribution in [3.8, 4) is 0 Å². The van der Waals surface area contributed by atoms with E-state index in [4.69, 9.17) is 4.74 Å². The highest BCUT2D eigenvalue weighted by Gasteiger charge is 2.15. The average molecular weight is 482 g/mol. The van der Waals surface area contributed by atoms with Crippen molar-refractivity contribution in [2.24, 2.45) is 4.99 Å². The second-order valence-electron chi connectivity index (χ2n) is 6.14. The van der Waals surface area contributed by atoms with Crippen molar-refractivity contribution < 1.29 is 14.3 Å². The molecule has 0 unspecified atom stereocenters. The molecular formula is C18H35IN4O3. The maximum Gasteiger partial charge on any atom is 0.305 e. The van der Waals surface area contributed by atoms with Crippen LogP contribution in [0.25, 0.3) is 0 Å². The Hall–Kier alpha value is -1.06. The van der Waals surface area contributed by atoms with Crippen molar-refractivity contribution in [3.05, 3.63) is 0 Å². The van der Waals surface area contributed by atoms with E-state index in [-0.39, 0.29) is 35.9 Å². The smallest absolute Gasteiger partial charge is 0.305 e. The minimum absolute atomic E-state index is 0. The van der Waals surface area contributed by atoms with Gasteiger partial charge in [0.15, 0.2) is 5.96 Å². The third-order valence-electron chi connectivity index (χ3n) is 4.03. The third kappa shape index (κ3) is 11.5. The van der Waals surface area contributed by atoms with Gasteiger partial charge in [0.1, 0.15) is 0 Å². The highest BCUT2D eigenvalue weighted by atomic mass is 127. The first-order valence-electron chi connectivity index (χ1n) is 9.63. The van der Waals surface area contributed by atoms with Gasteiger partial charge in [-0.25, -0.2) is 0 Å². The van der Waals surface area contributed by atoms with E-state index in [2.05, 4.69) is 15.6 Å². The molecule has 1 rings (SSSR count). The number of amides is 1. The van der Waals surface area contributed by atoms with E-state index in [1.165, 1.54) is 0 Å². The summed E-state index contributed by atoms with van der Waals surface area (Å²) in [6.45, 7) is 8.06. The van der Waals surface area contributed by atoms with Gasteiger partial charge in [-0.3, -0.25) is 14.6 Å². The number of ether oxygens (including phenoxy) is 1. The van der Waals surface area contributed by atoms with E-state index in [1.54, 1.807) is 0 Å². The van der Waals surface area contributed by atoms with E-state index >= 15 is 0 Å². The fourth-order valence-corrected chi connectivity index (χ4v) is 2.74. The summed E-state index contributed by atoms with van der Waals surface area (Å²) in [5, 5.41) is 6.42. The van der Waals surface area contributed by atoms with E-state index in [1.807, 2.05) is 18.7 Å². The number of hydrogen-bond donors (Lipinski definition) is 2. The molecule has 1 amide bonds. The highest BCUT2D eigenvalue weighted by molar-refractivity contribution is 14.0. The highest BCUT2D eigenvalue weighted by Crippen LogP contribution is 2.11. The van der Waals surface area contributed by atoms with Crippen LogP contribution in [0.15, 0.2) is 4.99 Å². The maximum atomic E-state index is 11.9. The van der Waals surface area contributed by atoms with Gasteiger partial charge in [-0.2, -0.15) is 0 Å². The van der Waals surface area contributed by atoms with Crippen molar-refractivity contribution in [1.29, 1.82) is 0 Å². The van der Waals surface area contributed by atoms with Crippen molar-refractivity contribution in [1.82, 2.24) is 15.5 Å². The predicted molar refractivity (Wildman–Crippen MR) is 115 cm³/mol. The molecule has 1 saturated heterocycles. The molecule has 1 aliphatic rings. The minimum atomic E-state index is -0.159. The zero-order valence-corrected chi connectivity index (χ0v) is 18.6. The Labute approximate surface area is 174 Å². The van der Waals surface area contributed by atoms with Gasteiger partial charge >= 0.3 is 5.97 Å². The lowest BCUT2D eigenvalue weighted by Gasteiger charge is -2.20. The molecule has 26 heavy (non-hydrogen) atoms. The summed E-state index contributed by atoms with van der Waals surface area (Å²) in [6.07, 6.45) is 5.97. The van der Waals surface area contributed by atoms with Gasteiger partial charge in [0.2, 0.25) is 5.91 Å². The number of nitrogens with zero attached hydrogens (tertiary/aromatic N) is 2. The summed E-state index contributed by atoms with van der Waals surface area (Å²) < 4.78 is 4.91. The van der Waals surface area contributed by atoms with Crippen LogP contribution < -0.4 is 10.6 Å². The van der Waals surface area contributed by atoms with Gasteiger partial charge in [0, 0.05) is 45.6 Å². The molecule has 0 saturated carbocycles. The quantitative estimate of drug-likeness (QED) is 0.164. The molecule has 152 valence electrons. The van der Waals surface area contributed by atoms with Crippen LogP contribution in [0.2, 0.25) is 0 Å². The monoisotopic (exact) mass is 482 g/mol. The largest absolute Gasteiger partial charge is 0.466 e. The van der Waals surface area contributed by atoms with Gasteiger partial charge in [-0.15, -0.1) is 24.0 Å². The lowest BCUT2D eigenvalue weighted by molar-refractivity contribution is -0.143. The summed E-state index contributed by atoms with van der Waals surface area (Å²) in [7, 11) is 0. The van der Waals surface area contributed by atoms with Crippen LogP contribution in [-0.4, -0.2) is 62.1 Å². The van der Waals surface area contributed by atoms with E-state index in [0.29, 0.717) is 39.0 Å². The van der Waals surface area contributed by atoms with Crippen LogP contribution in [0, 0.1) is 0 Å². The molecule has 1 fully saturated rings. The molecule has 0 spiro atoms. The number of halogens is 1. The molecule has 1 aliphatic heterocycles. The van der Waals surface area contributed by atoms with Crippen molar-refractivity contribution in [2.45, 2.75) is 58.8 Å². The van der Waals surface area contributed by atoms with E-state index in [0.717, 1.165) is 51.3 Å². The number of aliphatic imine (C=N–C) groups is 1. The third-order valence-corrected chi connectivity index (χ3v) is 4.03. The number of esters is 1. The summed E-state index contributed by atoms with van der Waals surface area (Å²) >= 11 is 0. The second-order valence-corrected chi connectivity index (χ2v) is 6.14. The van der Waals surface area contributed by atoms with Crippen LogP contribution in [0.5, 0.6) is 0 Å². The molecule has 0 aliphatic carbocycles. The van der Waals surface area contributed by atoms with Gasteiger partial charge in [0.25, 0.3) is 0 Å². The molecule has 7 nitrogen and oxygen atoms in total. The van der Waals surface area contributed by atoms with Gasteiger partial charge in [-0.05, 0) is 39.5 Å². The Kier molecular flexibility index (Phi) is 15.5. The summed E-state index contributed by atoms with van der Waals surface area (Å²) in [5.41, 5.74) is 0. The molecule has 0 aromatic rings. The SMILES string of the molecule is CCNC(=NCCCN1CCCCCC1=O)NCCCC(=O)OCC.I. The summed E-state index contributed by atoms with van der Waals surface area (Å²) in [6, 6.07) is 0. The second kappa shape index (κ2) is 16.1. The molecule has 0 radical (unpaired) electrons. The van der Waals surface area contributed by atoms with E-state index in [9.17, 15) is 9.59 Å². The molecule has 0 aromatic heterocycles. The minimum Gasteiger partial charge on any atom is -0.466 e. The fraction of sp³-hybridized carbons (Fsp3) is 0.833. The molecule has 0 bridgehead atoms. The van der Waals surface area contributed by atoms with Gasteiger partial charge in [-0.1, -0.05) is 6.42 Å². The molecule has 8 heteroatoms. The van der Waals surface area contributed by atoms with Crippen LogP contribution >= 0.6 is 24.0 Å². The Balaban J connectivity index is 0.00000625.